The molecule has 0 spiro atoms. The number of rotatable bonds is 7. The molecule has 1 aliphatic rings. The van der Waals surface area contributed by atoms with E-state index in [1.54, 1.807) is 18.7 Å². The number of phenols is 1. The number of benzene rings is 2. The molecule has 166 valence electrons. The first-order chi connectivity index (χ1) is 14.7. The molecule has 3 rings (SSSR count). The van der Waals surface area contributed by atoms with Crippen molar-refractivity contribution < 1.29 is 27.9 Å². The van der Waals surface area contributed by atoms with E-state index in [2.05, 4.69) is 0 Å². The summed E-state index contributed by atoms with van der Waals surface area (Å²) in [4.78, 5) is 26.7. The second-order valence-corrected chi connectivity index (χ2v) is 9.23. The smallest absolute Gasteiger partial charge is 0.342 e. The summed E-state index contributed by atoms with van der Waals surface area (Å²) in [7, 11) is -3.82. The highest BCUT2D eigenvalue weighted by atomic mass is 32.2. The monoisotopic (exact) mass is 446 g/mol. The first kappa shape index (κ1) is 22.8. The van der Waals surface area contributed by atoms with Crippen LogP contribution in [0.15, 0.2) is 47.4 Å². The molecule has 9 heteroatoms. The lowest BCUT2D eigenvalue weighted by Crippen LogP contribution is -2.38. The molecular formula is C22H26N2O6S. The van der Waals surface area contributed by atoms with Gasteiger partial charge in [-0.1, -0.05) is 32.0 Å². The van der Waals surface area contributed by atoms with E-state index in [9.17, 15) is 23.1 Å². The van der Waals surface area contributed by atoms with Crippen molar-refractivity contribution in [3.05, 3.63) is 53.6 Å². The topological polar surface area (TPSA) is 104 Å². The second-order valence-electron chi connectivity index (χ2n) is 7.29. The molecule has 0 saturated heterocycles. The minimum Gasteiger partial charge on any atom is -0.507 e. The van der Waals surface area contributed by atoms with Gasteiger partial charge in [0.2, 0.25) is 10.0 Å². The van der Waals surface area contributed by atoms with Crippen molar-refractivity contribution in [2.75, 3.05) is 24.6 Å². The molecule has 0 bridgehead atoms. The highest BCUT2D eigenvalue weighted by Crippen LogP contribution is 2.32. The Labute approximate surface area is 182 Å². The van der Waals surface area contributed by atoms with E-state index in [-0.39, 0.29) is 29.6 Å². The van der Waals surface area contributed by atoms with E-state index in [1.807, 2.05) is 31.2 Å². The number of phenolic OH excluding ortho intramolecular Hbond substituents is 1. The average Bonchev–Trinajstić information content (AvgIpc) is 3.08. The lowest BCUT2D eigenvalue weighted by atomic mass is 10.1. The van der Waals surface area contributed by atoms with E-state index in [1.165, 1.54) is 10.4 Å². The molecule has 0 unspecified atom stereocenters. The Morgan fingerprint density at radius 3 is 2.52 bits per heavy atom. The maximum absolute atomic E-state index is 12.7. The van der Waals surface area contributed by atoms with E-state index in [0.717, 1.165) is 23.4 Å². The van der Waals surface area contributed by atoms with E-state index in [4.69, 9.17) is 4.74 Å². The largest absolute Gasteiger partial charge is 0.507 e. The van der Waals surface area contributed by atoms with Crippen LogP contribution in [0.25, 0.3) is 0 Å². The van der Waals surface area contributed by atoms with Gasteiger partial charge < -0.3 is 14.7 Å². The molecule has 0 aliphatic carbocycles. The van der Waals surface area contributed by atoms with Crippen molar-refractivity contribution in [1.82, 2.24) is 4.31 Å². The summed E-state index contributed by atoms with van der Waals surface area (Å²) in [5.41, 5.74) is 1.52. The minimum atomic E-state index is -3.82. The van der Waals surface area contributed by atoms with E-state index < -0.39 is 34.3 Å². The summed E-state index contributed by atoms with van der Waals surface area (Å²) < 4.78 is 31.8. The van der Waals surface area contributed by atoms with Gasteiger partial charge in [-0.15, -0.1) is 0 Å². The Hall–Kier alpha value is -2.91. The van der Waals surface area contributed by atoms with Crippen molar-refractivity contribution in [2.45, 2.75) is 38.1 Å². The zero-order chi connectivity index (χ0) is 22.8. The Kier molecular flexibility index (Phi) is 6.66. The number of amides is 1. The maximum atomic E-state index is 12.7. The lowest BCUT2D eigenvalue weighted by molar-refractivity contribution is -0.122. The van der Waals surface area contributed by atoms with Crippen molar-refractivity contribution in [3.63, 3.8) is 0 Å². The number of esters is 1. The number of carbonyl (C=O) groups excluding carboxylic acids is 2. The van der Waals surface area contributed by atoms with Gasteiger partial charge in [0.05, 0.1) is 4.90 Å². The first-order valence-corrected chi connectivity index (χ1v) is 11.5. The van der Waals surface area contributed by atoms with Gasteiger partial charge >= 0.3 is 5.97 Å². The van der Waals surface area contributed by atoms with Crippen molar-refractivity contribution in [3.8, 4) is 5.75 Å². The van der Waals surface area contributed by atoms with Crippen LogP contribution in [0.5, 0.6) is 5.75 Å². The van der Waals surface area contributed by atoms with Crippen LogP contribution in [0.2, 0.25) is 0 Å². The molecular weight excluding hydrogens is 420 g/mol. The molecule has 31 heavy (non-hydrogen) atoms. The number of para-hydroxylation sites is 1. The number of fused-ring (bicyclic) bond motifs is 1. The fraction of sp³-hybridized carbons (Fsp3) is 0.364. The zero-order valence-corrected chi connectivity index (χ0v) is 18.6. The van der Waals surface area contributed by atoms with Gasteiger partial charge in [0.25, 0.3) is 5.91 Å². The molecule has 1 amide bonds. The number of hydrogen-bond donors (Lipinski definition) is 1. The molecule has 0 fully saturated rings. The Balaban J connectivity index is 1.76. The number of hydrogen-bond acceptors (Lipinski definition) is 6. The summed E-state index contributed by atoms with van der Waals surface area (Å²) >= 11 is 0. The van der Waals surface area contributed by atoms with E-state index in [0.29, 0.717) is 6.42 Å². The minimum absolute atomic E-state index is 0.0699. The average molecular weight is 447 g/mol. The van der Waals surface area contributed by atoms with Crippen molar-refractivity contribution >= 4 is 27.6 Å². The molecule has 0 radical (unpaired) electrons. The molecule has 1 N–H and O–H groups in total. The van der Waals surface area contributed by atoms with Gasteiger partial charge in [-0.3, -0.25) is 4.79 Å². The van der Waals surface area contributed by atoms with Gasteiger partial charge in [0, 0.05) is 24.8 Å². The molecule has 1 aliphatic heterocycles. The molecule has 2 aromatic carbocycles. The molecule has 0 aromatic heterocycles. The first-order valence-electron chi connectivity index (χ1n) is 10.1. The number of carbonyl (C=O) groups is 2. The number of nitrogens with zero attached hydrogens (tertiary/aromatic N) is 2. The highest BCUT2D eigenvalue weighted by molar-refractivity contribution is 7.89. The van der Waals surface area contributed by atoms with Crippen molar-refractivity contribution in [2.24, 2.45) is 0 Å². The number of sulfonamides is 1. The third-order valence-electron chi connectivity index (χ3n) is 5.33. The maximum Gasteiger partial charge on any atom is 0.342 e. The number of ether oxygens (including phenoxy) is 1. The SMILES string of the molecule is CCN(CC)S(=O)(=O)c1ccc(O)c(C(=O)OCC(=O)N2c3ccccc3C[C@@H]2C)c1. The summed E-state index contributed by atoms with van der Waals surface area (Å²) in [6, 6.07) is 10.9. The van der Waals surface area contributed by atoms with Gasteiger partial charge in [-0.2, -0.15) is 4.31 Å². The predicted octanol–water partition coefficient (Wildman–Crippen LogP) is 2.56. The highest BCUT2D eigenvalue weighted by Gasteiger charge is 2.31. The lowest BCUT2D eigenvalue weighted by Gasteiger charge is -2.22. The standard InChI is InChI=1S/C22H26N2O6S/c1-4-23(5-2)31(28,29)17-10-11-20(25)18(13-17)22(27)30-14-21(26)24-15(3)12-16-8-6-7-9-19(16)24/h6-11,13,15,25H,4-5,12,14H2,1-3H3/t15-/m0/s1. The van der Waals surface area contributed by atoms with Crippen LogP contribution < -0.4 is 4.90 Å². The Morgan fingerprint density at radius 2 is 1.84 bits per heavy atom. The van der Waals surface area contributed by atoms with Gasteiger partial charge in [-0.05, 0) is 43.2 Å². The molecule has 0 saturated carbocycles. The third kappa shape index (κ3) is 4.42. The Bertz CT molecular complexity index is 1090. The van der Waals surface area contributed by atoms with Crippen LogP contribution in [0.4, 0.5) is 5.69 Å². The fourth-order valence-corrected chi connectivity index (χ4v) is 5.26. The van der Waals surface area contributed by atoms with Crippen LogP contribution in [-0.4, -0.2) is 55.4 Å². The zero-order valence-electron chi connectivity index (χ0n) is 17.7. The normalized spacial score (nSPS) is 15.7. The second kappa shape index (κ2) is 9.07. The van der Waals surface area contributed by atoms with Gasteiger partial charge in [0.1, 0.15) is 11.3 Å². The number of anilines is 1. The predicted molar refractivity (Wildman–Crippen MR) is 116 cm³/mol. The number of aromatic hydroxyl groups is 1. The van der Waals surface area contributed by atoms with Crippen LogP contribution in [0.1, 0.15) is 36.7 Å². The van der Waals surface area contributed by atoms with Crippen LogP contribution in [0, 0.1) is 0 Å². The summed E-state index contributed by atoms with van der Waals surface area (Å²) in [5.74, 6) is -1.78. The molecule has 1 heterocycles. The molecule has 8 nitrogen and oxygen atoms in total. The summed E-state index contributed by atoms with van der Waals surface area (Å²) in [5, 5.41) is 10.1. The molecule has 1 atom stereocenters. The van der Waals surface area contributed by atoms with Crippen LogP contribution in [-0.2, 0) is 26.0 Å². The summed E-state index contributed by atoms with van der Waals surface area (Å²) in [6.45, 7) is 5.34. The van der Waals surface area contributed by atoms with Gasteiger partial charge in [0.15, 0.2) is 6.61 Å². The quantitative estimate of drug-likeness (QED) is 0.656. The Morgan fingerprint density at radius 1 is 1.16 bits per heavy atom. The van der Waals surface area contributed by atoms with Crippen molar-refractivity contribution in [1.29, 1.82) is 0 Å². The molecule has 2 aromatic rings. The summed E-state index contributed by atoms with van der Waals surface area (Å²) in [6.07, 6.45) is 0.710. The van der Waals surface area contributed by atoms with Gasteiger partial charge in [-0.25, -0.2) is 13.2 Å². The fourth-order valence-electron chi connectivity index (χ4n) is 3.77. The van der Waals surface area contributed by atoms with Crippen LogP contribution in [0.3, 0.4) is 0 Å². The van der Waals surface area contributed by atoms with Crippen LogP contribution >= 0.6 is 0 Å². The third-order valence-corrected chi connectivity index (χ3v) is 7.38. The van der Waals surface area contributed by atoms with E-state index >= 15 is 0 Å².